The third kappa shape index (κ3) is 3.40. The highest BCUT2D eigenvalue weighted by Crippen LogP contribution is 2.21. The van der Waals surface area contributed by atoms with Crippen LogP contribution in [-0.2, 0) is 6.42 Å². The zero-order chi connectivity index (χ0) is 18.1. The Morgan fingerprint density at radius 1 is 1.27 bits per heavy atom. The number of aromatic nitrogens is 3. The summed E-state index contributed by atoms with van der Waals surface area (Å²) in [7, 11) is 0. The fourth-order valence-electron chi connectivity index (χ4n) is 2.45. The Morgan fingerprint density at radius 3 is 2.81 bits per heavy atom. The van der Waals surface area contributed by atoms with Crippen molar-refractivity contribution in [3.05, 3.63) is 63.7 Å². The van der Waals surface area contributed by atoms with Crippen LogP contribution in [0.3, 0.4) is 0 Å². The van der Waals surface area contributed by atoms with Crippen molar-refractivity contribution in [3.63, 3.8) is 0 Å². The minimum atomic E-state index is -0.296. The first-order valence-electron chi connectivity index (χ1n) is 7.73. The molecule has 0 saturated carbocycles. The molecular weight excluding hydrogens is 423 g/mol. The van der Waals surface area contributed by atoms with Crippen LogP contribution >= 0.6 is 27.3 Å². The van der Waals surface area contributed by atoms with Crippen molar-refractivity contribution in [1.82, 2.24) is 19.9 Å². The lowest BCUT2D eigenvalue weighted by atomic mass is 10.2. The molecule has 9 heteroatoms. The summed E-state index contributed by atoms with van der Waals surface area (Å²) in [5, 5.41) is 9.25. The summed E-state index contributed by atoms with van der Waals surface area (Å²) >= 11 is 4.64. The molecule has 6 nitrogen and oxygen atoms in total. The third-order valence-electron chi connectivity index (χ3n) is 3.72. The number of amides is 1. The maximum atomic E-state index is 13.1. The number of nitrogens with one attached hydrogen (secondary N) is 1. The Kier molecular flexibility index (Phi) is 4.56. The number of carbonyl (C=O) groups excluding carboxylic acids is 1. The average Bonchev–Trinajstić information content (AvgIpc) is 3.32. The zero-order valence-electron chi connectivity index (χ0n) is 13.3. The van der Waals surface area contributed by atoms with Gasteiger partial charge in [-0.3, -0.25) is 4.79 Å². The number of halogens is 2. The molecule has 0 unspecified atom stereocenters. The first kappa shape index (κ1) is 16.9. The molecule has 3 aromatic heterocycles. The molecule has 0 bridgehead atoms. The number of benzene rings is 1. The average molecular weight is 435 g/mol. The summed E-state index contributed by atoms with van der Waals surface area (Å²) in [5.74, 6) is 0.233. The van der Waals surface area contributed by atoms with Crippen molar-refractivity contribution in [2.75, 3.05) is 6.54 Å². The number of hydrogen-bond acceptors (Lipinski definition) is 5. The van der Waals surface area contributed by atoms with Gasteiger partial charge in [0.2, 0.25) is 4.96 Å². The lowest BCUT2D eigenvalue weighted by molar-refractivity contribution is 0.0925. The van der Waals surface area contributed by atoms with Crippen LogP contribution in [0, 0.1) is 5.82 Å². The van der Waals surface area contributed by atoms with Crippen LogP contribution in [0.1, 0.15) is 16.2 Å². The molecule has 0 atom stereocenters. The Bertz CT molecular complexity index is 1070. The van der Waals surface area contributed by atoms with Crippen molar-refractivity contribution in [3.8, 4) is 11.4 Å². The second-order valence-corrected chi connectivity index (χ2v) is 7.09. The van der Waals surface area contributed by atoms with Crippen LogP contribution in [0.5, 0.6) is 0 Å². The molecule has 26 heavy (non-hydrogen) atoms. The molecular formula is C17H12BrFN4O2S. The van der Waals surface area contributed by atoms with E-state index in [9.17, 15) is 9.18 Å². The third-order valence-corrected chi connectivity index (χ3v) is 5.01. The van der Waals surface area contributed by atoms with E-state index >= 15 is 0 Å². The first-order chi connectivity index (χ1) is 12.6. The molecule has 1 N–H and O–H groups in total. The Balaban J connectivity index is 1.45. The van der Waals surface area contributed by atoms with E-state index in [0.29, 0.717) is 23.5 Å². The van der Waals surface area contributed by atoms with E-state index in [2.05, 4.69) is 31.3 Å². The molecule has 0 aliphatic carbocycles. The van der Waals surface area contributed by atoms with E-state index < -0.39 is 0 Å². The van der Waals surface area contributed by atoms with Crippen molar-refractivity contribution in [2.24, 2.45) is 0 Å². The fraction of sp³-hybridized carbons (Fsp3) is 0.118. The predicted octanol–water partition coefficient (Wildman–Crippen LogP) is 3.92. The molecule has 4 rings (SSSR count). The largest absolute Gasteiger partial charge is 0.444 e. The smallest absolute Gasteiger partial charge is 0.287 e. The van der Waals surface area contributed by atoms with E-state index in [4.69, 9.17) is 4.42 Å². The van der Waals surface area contributed by atoms with E-state index in [0.717, 1.165) is 16.2 Å². The molecule has 0 spiro atoms. The predicted molar refractivity (Wildman–Crippen MR) is 98.7 cm³/mol. The van der Waals surface area contributed by atoms with Gasteiger partial charge in [0, 0.05) is 23.9 Å². The van der Waals surface area contributed by atoms with E-state index in [1.165, 1.54) is 23.5 Å². The van der Waals surface area contributed by atoms with Crippen molar-refractivity contribution >= 4 is 38.1 Å². The number of carbonyl (C=O) groups is 1. The summed E-state index contributed by atoms with van der Waals surface area (Å²) < 4.78 is 20.5. The number of fused-ring (bicyclic) bond motifs is 1. The number of hydrogen-bond donors (Lipinski definition) is 1. The molecule has 1 amide bonds. The monoisotopic (exact) mass is 434 g/mol. The van der Waals surface area contributed by atoms with Gasteiger partial charge < -0.3 is 9.73 Å². The van der Waals surface area contributed by atoms with Gasteiger partial charge in [-0.2, -0.15) is 4.98 Å². The van der Waals surface area contributed by atoms with E-state index in [1.54, 1.807) is 28.8 Å². The zero-order valence-corrected chi connectivity index (χ0v) is 15.7. The van der Waals surface area contributed by atoms with Crippen LogP contribution in [0.25, 0.3) is 16.3 Å². The van der Waals surface area contributed by atoms with Gasteiger partial charge >= 0.3 is 0 Å². The van der Waals surface area contributed by atoms with Gasteiger partial charge in [0.25, 0.3) is 5.91 Å². The second-order valence-electron chi connectivity index (χ2n) is 5.47. The maximum absolute atomic E-state index is 13.1. The van der Waals surface area contributed by atoms with Gasteiger partial charge in [-0.05, 0) is 52.3 Å². The van der Waals surface area contributed by atoms with E-state index in [-0.39, 0.29) is 17.5 Å². The second kappa shape index (κ2) is 7.00. The lowest BCUT2D eigenvalue weighted by Crippen LogP contribution is -2.25. The van der Waals surface area contributed by atoms with Gasteiger partial charge in [-0.1, -0.05) is 0 Å². The Morgan fingerprint density at radius 2 is 2.08 bits per heavy atom. The molecule has 0 aliphatic rings. The molecule has 0 fully saturated rings. The highest BCUT2D eigenvalue weighted by atomic mass is 79.9. The summed E-state index contributed by atoms with van der Waals surface area (Å²) in [6.45, 7) is 0.439. The normalized spacial score (nSPS) is 11.2. The van der Waals surface area contributed by atoms with Crippen LogP contribution in [-0.4, -0.2) is 27.0 Å². The molecule has 0 aliphatic heterocycles. The van der Waals surface area contributed by atoms with Crippen LogP contribution in [0.15, 0.2) is 50.9 Å². The minimum Gasteiger partial charge on any atom is -0.444 e. The SMILES string of the molecule is O=C(NCCc1csc2nc(-c3ccc(F)cc3)nn12)c1ccc(Br)o1. The van der Waals surface area contributed by atoms with Gasteiger partial charge in [-0.25, -0.2) is 8.91 Å². The Labute approximate surface area is 159 Å². The van der Waals surface area contributed by atoms with Gasteiger partial charge in [0.05, 0.1) is 5.69 Å². The minimum absolute atomic E-state index is 0.256. The van der Waals surface area contributed by atoms with Crippen molar-refractivity contribution in [2.45, 2.75) is 6.42 Å². The molecule has 1 aromatic carbocycles. The van der Waals surface area contributed by atoms with Crippen LogP contribution in [0.2, 0.25) is 0 Å². The Hall–Kier alpha value is -2.52. The highest BCUT2D eigenvalue weighted by molar-refractivity contribution is 9.10. The molecule has 0 radical (unpaired) electrons. The molecule has 4 aromatic rings. The summed E-state index contributed by atoms with van der Waals surface area (Å²) in [6.07, 6.45) is 0.597. The standard InChI is InChI=1S/C17H12BrFN4O2S/c18-14-6-5-13(25-14)16(24)20-8-7-12-9-26-17-21-15(22-23(12)17)10-1-3-11(19)4-2-10/h1-6,9H,7-8H2,(H,20,24). The molecule has 132 valence electrons. The number of nitrogens with zero attached hydrogens (tertiary/aromatic N) is 3. The maximum Gasteiger partial charge on any atom is 0.287 e. The summed E-state index contributed by atoms with van der Waals surface area (Å²) in [6, 6.07) is 9.34. The highest BCUT2D eigenvalue weighted by Gasteiger charge is 2.13. The van der Waals surface area contributed by atoms with Gasteiger partial charge in [0.1, 0.15) is 5.82 Å². The van der Waals surface area contributed by atoms with Crippen LogP contribution < -0.4 is 5.32 Å². The number of rotatable bonds is 5. The van der Waals surface area contributed by atoms with E-state index in [1.807, 2.05) is 5.38 Å². The van der Waals surface area contributed by atoms with Crippen molar-refractivity contribution < 1.29 is 13.6 Å². The lowest BCUT2D eigenvalue weighted by Gasteiger charge is -2.02. The summed E-state index contributed by atoms with van der Waals surface area (Å²) in [4.78, 5) is 17.2. The van der Waals surface area contributed by atoms with Crippen LogP contribution in [0.4, 0.5) is 4.39 Å². The summed E-state index contributed by atoms with van der Waals surface area (Å²) in [5.41, 5.74) is 1.69. The molecule has 3 heterocycles. The fourth-order valence-corrected chi connectivity index (χ4v) is 3.61. The quantitative estimate of drug-likeness (QED) is 0.516. The van der Waals surface area contributed by atoms with Crippen molar-refractivity contribution in [1.29, 1.82) is 0 Å². The van der Waals surface area contributed by atoms with Gasteiger partial charge in [0.15, 0.2) is 16.3 Å². The van der Waals surface area contributed by atoms with Gasteiger partial charge in [-0.15, -0.1) is 16.4 Å². The molecule has 0 saturated heterocycles. The number of furan rings is 1. The first-order valence-corrected chi connectivity index (χ1v) is 9.40. The number of thiazole rings is 1. The topological polar surface area (TPSA) is 72.4 Å².